The molecule has 8 heteroatoms. The van der Waals surface area contributed by atoms with Crippen LogP contribution in [0.5, 0.6) is 23.0 Å². The van der Waals surface area contributed by atoms with E-state index in [2.05, 4.69) is 0 Å². The van der Waals surface area contributed by atoms with Gasteiger partial charge in [-0.15, -0.1) is 0 Å². The summed E-state index contributed by atoms with van der Waals surface area (Å²) in [6.07, 6.45) is -0.0629. The topological polar surface area (TPSA) is 94.5 Å². The van der Waals surface area contributed by atoms with Crippen LogP contribution < -0.4 is 18.9 Å². The summed E-state index contributed by atoms with van der Waals surface area (Å²) in [5.74, 6) is 0.484. The summed E-state index contributed by atoms with van der Waals surface area (Å²) in [5.41, 5.74) is 1.77. The number of hydrogen-bond acceptors (Lipinski definition) is 7. The lowest BCUT2D eigenvalue weighted by atomic mass is 9.95. The number of carbonyl (C=O) groups excluding carboxylic acids is 2. The number of carbonyl (C=O) groups is 2. The number of likely N-dealkylation sites (tertiary alicyclic amines) is 1. The molecule has 8 nitrogen and oxygen atoms in total. The van der Waals surface area contributed by atoms with Gasteiger partial charge < -0.3 is 29.0 Å². The second-order valence-corrected chi connectivity index (χ2v) is 9.09. The van der Waals surface area contributed by atoms with E-state index in [4.69, 9.17) is 18.9 Å². The molecule has 1 saturated heterocycles. The fourth-order valence-corrected chi connectivity index (χ4v) is 4.59. The van der Waals surface area contributed by atoms with Gasteiger partial charge in [-0.1, -0.05) is 24.3 Å². The minimum atomic E-state index is -0.840. The van der Waals surface area contributed by atoms with Crippen molar-refractivity contribution in [3.05, 3.63) is 89.0 Å². The number of nitrogens with zero attached hydrogens (tertiary/aromatic N) is 1. The molecule has 1 atom stereocenters. The van der Waals surface area contributed by atoms with Gasteiger partial charge in [0.2, 0.25) is 6.79 Å². The number of hydrogen-bond donors (Lipinski definition) is 1. The van der Waals surface area contributed by atoms with Crippen molar-refractivity contribution in [1.29, 1.82) is 0 Å². The Balaban J connectivity index is 1.63. The number of Topliss-reactive ketones (excluding diaryl/α,β-unsaturated/α-hetero) is 1. The molecule has 3 aromatic carbocycles. The van der Waals surface area contributed by atoms with Crippen molar-refractivity contribution in [2.24, 2.45) is 0 Å². The largest absolute Gasteiger partial charge is 0.507 e. The molecule has 0 bridgehead atoms. The molecular weight excluding hydrogens is 474 g/mol. The van der Waals surface area contributed by atoms with Crippen LogP contribution >= 0.6 is 0 Å². The molecular formula is C29H27NO7. The van der Waals surface area contributed by atoms with Crippen LogP contribution in [-0.2, 0) is 16.1 Å². The van der Waals surface area contributed by atoms with Gasteiger partial charge in [0.1, 0.15) is 17.3 Å². The average molecular weight is 502 g/mol. The van der Waals surface area contributed by atoms with Crippen molar-refractivity contribution in [3.63, 3.8) is 0 Å². The molecule has 1 N–H and O–H groups in total. The zero-order valence-electron chi connectivity index (χ0n) is 20.8. The SMILES string of the molecule is COc1cccc(CN2C(=O)C(=O)/C(=C(\O)c3ccc4c(c3)OCO4)C2c2cccc(OC(C)C)c2)c1. The lowest BCUT2D eigenvalue weighted by molar-refractivity contribution is -0.140. The molecule has 37 heavy (non-hydrogen) atoms. The zero-order chi connectivity index (χ0) is 26.1. The maximum atomic E-state index is 13.4. The maximum Gasteiger partial charge on any atom is 0.295 e. The minimum absolute atomic E-state index is 0.00606. The van der Waals surface area contributed by atoms with E-state index in [0.717, 1.165) is 5.56 Å². The first-order chi connectivity index (χ1) is 17.9. The number of aliphatic hydroxyl groups is 1. The zero-order valence-corrected chi connectivity index (χ0v) is 20.8. The first-order valence-electron chi connectivity index (χ1n) is 11.9. The summed E-state index contributed by atoms with van der Waals surface area (Å²) < 4.78 is 22.0. The first kappa shape index (κ1) is 24.2. The fraction of sp³-hybridized carbons (Fsp3) is 0.241. The molecule has 5 rings (SSSR count). The van der Waals surface area contributed by atoms with Gasteiger partial charge in [0.15, 0.2) is 11.5 Å². The van der Waals surface area contributed by atoms with E-state index in [-0.39, 0.29) is 30.8 Å². The van der Waals surface area contributed by atoms with Gasteiger partial charge >= 0.3 is 0 Å². The third-order valence-electron chi connectivity index (χ3n) is 6.22. The molecule has 2 aliphatic rings. The summed E-state index contributed by atoms with van der Waals surface area (Å²) >= 11 is 0. The average Bonchev–Trinajstić information content (AvgIpc) is 3.46. The third kappa shape index (κ3) is 4.70. The van der Waals surface area contributed by atoms with Crippen LogP contribution in [0.4, 0.5) is 0 Å². The molecule has 0 aliphatic carbocycles. The highest BCUT2D eigenvalue weighted by molar-refractivity contribution is 6.46. The Labute approximate surface area is 214 Å². The van der Waals surface area contributed by atoms with Crippen molar-refractivity contribution in [3.8, 4) is 23.0 Å². The van der Waals surface area contributed by atoms with E-state index in [1.807, 2.05) is 50.2 Å². The van der Waals surface area contributed by atoms with Crippen LogP contribution in [0.15, 0.2) is 72.3 Å². The number of methoxy groups -OCH3 is 1. The summed E-state index contributed by atoms with van der Waals surface area (Å²) in [5, 5.41) is 11.4. The lowest BCUT2D eigenvalue weighted by Crippen LogP contribution is -2.29. The Morgan fingerprint density at radius 3 is 2.54 bits per heavy atom. The Bertz CT molecular complexity index is 1390. The number of aliphatic hydroxyl groups excluding tert-OH is 1. The summed E-state index contributed by atoms with van der Waals surface area (Å²) in [7, 11) is 1.57. The summed E-state index contributed by atoms with van der Waals surface area (Å²) in [6.45, 7) is 4.05. The van der Waals surface area contributed by atoms with Gasteiger partial charge in [-0.3, -0.25) is 9.59 Å². The fourth-order valence-electron chi connectivity index (χ4n) is 4.59. The number of amides is 1. The molecule has 1 unspecified atom stereocenters. The molecule has 3 aromatic rings. The van der Waals surface area contributed by atoms with Gasteiger partial charge in [0, 0.05) is 12.1 Å². The van der Waals surface area contributed by atoms with Crippen LogP contribution in [0.1, 0.15) is 36.6 Å². The van der Waals surface area contributed by atoms with Gasteiger partial charge in [-0.05, 0) is 67.4 Å². The third-order valence-corrected chi connectivity index (χ3v) is 6.22. The maximum absolute atomic E-state index is 13.4. The minimum Gasteiger partial charge on any atom is -0.507 e. The molecule has 190 valence electrons. The monoisotopic (exact) mass is 501 g/mol. The highest BCUT2D eigenvalue weighted by atomic mass is 16.7. The van der Waals surface area contributed by atoms with Crippen LogP contribution in [-0.4, -0.2) is 41.7 Å². The lowest BCUT2D eigenvalue weighted by Gasteiger charge is -2.26. The van der Waals surface area contributed by atoms with E-state index in [9.17, 15) is 14.7 Å². The van der Waals surface area contributed by atoms with Gasteiger partial charge in [-0.2, -0.15) is 0 Å². The van der Waals surface area contributed by atoms with Crippen LogP contribution in [0.25, 0.3) is 5.76 Å². The molecule has 0 radical (unpaired) electrons. The highest BCUT2D eigenvalue weighted by Crippen LogP contribution is 2.42. The Morgan fingerprint density at radius 1 is 1.00 bits per heavy atom. The van der Waals surface area contributed by atoms with Crippen molar-refractivity contribution in [1.82, 2.24) is 4.90 Å². The second-order valence-electron chi connectivity index (χ2n) is 9.09. The first-order valence-corrected chi connectivity index (χ1v) is 11.9. The highest BCUT2D eigenvalue weighted by Gasteiger charge is 2.46. The van der Waals surface area contributed by atoms with E-state index in [0.29, 0.717) is 34.1 Å². The van der Waals surface area contributed by atoms with Gasteiger partial charge in [0.25, 0.3) is 11.7 Å². The van der Waals surface area contributed by atoms with E-state index in [1.165, 1.54) is 4.90 Å². The Hall–Kier alpha value is -4.46. The smallest absolute Gasteiger partial charge is 0.295 e. The normalized spacial score (nSPS) is 17.9. The van der Waals surface area contributed by atoms with Crippen LogP contribution in [0.2, 0.25) is 0 Å². The summed E-state index contributed by atoms with van der Waals surface area (Å²) in [4.78, 5) is 28.2. The van der Waals surface area contributed by atoms with Crippen LogP contribution in [0.3, 0.4) is 0 Å². The second kappa shape index (κ2) is 9.89. The Kier molecular flexibility index (Phi) is 6.48. The molecule has 2 heterocycles. The van der Waals surface area contributed by atoms with Crippen molar-refractivity contribution >= 4 is 17.4 Å². The number of fused-ring (bicyclic) bond motifs is 1. The molecule has 0 saturated carbocycles. The number of ketones is 1. The predicted octanol–water partition coefficient (Wildman–Crippen LogP) is 4.83. The van der Waals surface area contributed by atoms with Crippen molar-refractivity contribution < 1.29 is 33.6 Å². The van der Waals surface area contributed by atoms with E-state index >= 15 is 0 Å². The molecule has 0 aromatic heterocycles. The quantitative estimate of drug-likeness (QED) is 0.281. The number of benzene rings is 3. The molecule has 2 aliphatic heterocycles. The van der Waals surface area contributed by atoms with E-state index < -0.39 is 17.7 Å². The van der Waals surface area contributed by atoms with Crippen molar-refractivity contribution in [2.75, 3.05) is 13.9 Å². The molecule has 1 fully saturated rings. The number of rotatable bonds is 7. The van der Waals surface area contributed by atoms with Crippen LogP contribution in [0, 0.1) is 0 Å². The van der Waals surface area contributed by atoms with Gasteiger partial charge in [-0.25, -0.2) is 0 Å². The van der Waals surface area contributed by atoms with Crippen molar-refractivity contribution in [2.45, 2.75) is 32.5 Å². The standard InChI is InChI=1S/C29H27NO7/c1-17(2)37-22-9-5-7-19(13-22)26-25(27(31)20-10-11-23-24(14-20)36-16-35-23)28(32)29(33)30(26)15-18-6-4-8-21(12-18)34-3/h4-14,17,26,31H,15-16H2,1-3H3/b27-25-. The Morgan fingerprint density at radius 2 is 1.76 bits per heavy atom. The van der Waals surface area contributed by atoms with Gasteiger partial charge in [0.05, 0.1) is 24.8 Å². The molecule has 1 amide bonds. The predicted molar refractivity (Wildman–Crippen MR) is 136 cm³/mol. The van der Waals surface area contributed by atoms with E-state index in [1.54, 1.807) is 37.4 Å². The number of ether oxygens (including phenoxy) is 4. The summed E-state index contributed by atoms with van der Waals surface area (Å²) in [6, 6.07) is 18.6. The molecule has 0 spiro atoms.